The molecule has 0 unspecified atom stereocenters. The summed E-state index contributed by atoms with van der Waals surface area (Å²) in [4.78, 5) is 4.28. The third kappa shape index (κ3) is 3.12. The van der Waals surface area contributed by atoms with Gasteiger partial charge in [0.15, 0.2) is 0 Å². The molecule has 122 valence electrons. The van der Waals surface area contributed by atoms with Crippen molar-refractivity contribution >= 4 is 22.4 Å². The van der Waals surface area contributed by atoms with Gasteiger partial charge in [-0.15, -0.1) is 5.10 Å². The Labute approximate surface area is 145 Å². The number of hydrogen-bond acceptors (Lipinski definition) is 4. The zero-order chi connectivity index (χ0) is 16.4. The van der Waals surface area contributed by atoms with Crippen LogP contribution in [-0.4, -0.2) is 27.9 Å². The molecule has 0 bridgehead atoms. The van der Waals surface area contributed by atoms with E-state index in [1.165, 1.54) is 0 Å². The molecule has 3 aromatic rings. The molecular formula is C19H18ClN3O. The van der Waals surface area contributed by atoms with Crippen molar-refractivity contribution in [3.63, 3.8) is 0 Å². The normalized spacial score (nSPS) is 17.5. The van der Waals surface area contributed by atoms with Crippen LogP contribution in [0.2, 0.25) is 5.02 Å². The number of aromatic nitrogens is 3. The zero-order valence-electron chi connectivity index (χ0n) is 13.3. The van der Waals surface area contributed by atoms with Gasteiger partial charge < -0.3 is 4.74 Å². The van der Waals surface area contributed by atoms with E-state index in [9.17, 15) is 0 Å². The summed E-state index contributed by atoms with van der Waals surface area (Å²) >= 11 is 5.99. The van der Waals surface area contributed by atoms with Gasteiger partial charge in [0.2, 0.25) is 0 Å². The average Bonchev–Trinajstić information content (AvgIpc) is 3.14. The number of hydrogen-bond donors (Lipinski definition) is 0. The molecule has 1 aromatic carbocycles. The quantitative estimate of drug-likeness (QED) is 0.704. The maximum Gasteiger partial charge on any atom is 0.101 e. The Hall–Kier alpha value is -2.04. The number of ether oxygens (including phenoxy) is 1. The first-order valence-electron chi connectivity index (χ1n) is 8.28. The highest BCUT2D eigenvalue weighted by molar-refractivity contribution is 6.30. The van der Waals surface area contributed by atoms with E-state index in [4.69, 9.17) is 16.3 Å². The second-order valence-corrected chi connectivity index (χ2v) is 6.53. The number of rotatable bonds is 4. The Kier molecular flexibility index (Phi) is 4.41. The number of aryl methyl sites for hydroxylation is 1. The average molecular weight is 340 g/mol. The van der Waals surface area contributed by atoms with Crippen LogP contribution in [-0.2, 0) is 11.2 Å². The van der Waals surface area contributed by atoms with Crippen molar-refractivity contribution in [2.45, 2.75) is 31.8 Å². The highest BCUT2D eigenvalue weighted by Gasteiger charge is 2.17. The molecule has 0 saturated carbocycles. The second kappa shape index (κ2) is 6.83. The van der Waals surface area contributed by atoms with E-state index in [2.05, 4.69) is 15.2 Å². The first kappa shape index (κ1) is 15.5. The minimum absolute atomic E-state index is 0.356. The number of pyridine rings is 1. The topological polar surface area (TPSA) is 47.9 Å². The molecule has 1 atom stereocenters. The van der Waals surface area contributed by atoms with Crippen LogP contribution in [0.5, 0.6) is 0 Å². The molecule has 1 aliphatic heterocycles. The monoisotopic (exact) mass is 339 g/mol. The van der Waals surface area contributed by atoms with Crippen LogP contribution in [0, 0.1) is 0 Å². The third-order valence-electron chi connectivity index (χ3n) is 4.50. The summed E-state index contributed by atoms with van der Waals surface area (Å²) in [6.45, 7) is 0.883. The lowest BCUT2D eigenvalue weighted by molar-refractivity contribution is 0.104. The van der Waals surface area contributed by atoms with E-state index in [1.807, 2.05) is 36.5 Å². The molecule has 0 N–H and O–H groups in total. The molecule has 4 rings (SSSR count). The summed E-state index contributed by atoms with van der Waals surface area (Å²) in [5.41, 5.74) is 2.87. The largest absolute Gasteiger partial charge is 0.378 e. The van der Waals surface area contributed by atoms with Crippen molar-refractivity contribution < 1.29 is 4.74 Å². The van der Waals surface area contributed by atoms with Gasteiger partial charge in [0, 0.05) is 40.4 Å². The lowest BCUT2D eigenvalue weighted by atomic mass is 10.0. The van der Waals surface area contributed by atoms with Gasteiger partial charge in [-0.1, -0.05) is 23.7 Å². The lowest BCUT2D eigenvalue weighted by Gasteiger charge is -2.11. The first-order valence-corrected chi connectivity index (χ1v) is 8.66. The first-order chi connectivity index (χ1) is 11.8. The van der Waals surface area contributed by atoms with Crippen molar-refractivity contribution in [1.29, 1.82) is 0 Å². The molecule has 1 saturated heterocycles. The third-order valence-corrected chi connectivity index (χ3v) is 4.75. The van der Waals surface area contributed by atoms with Crippen molar-refractivity contribution in [3.8, 4) is 11.3 Å². The van der Waals surface area contributed by atoms with E-state index in [1.54, 1.807) is 6.20 Å². The Morgan fingerprint density at radius 2 is 1.96 bits per heavy atom. The van der Waals surface area contributed by atoms with Crippen molar-refractivity contribution in [2.24, 2.45) is 0 Å². The zero-order valence-corrected chi connectivity index (χ0v) is 14.0. The molecule has 3 heterocycles. The van der Waals surface area contributed by atoms with Crippen LogP contribution in [0.15, 0.2) is 42.7 Å². The van der Waals surface area contributed by atoms with Gasteiger partial charge >= 0.3 is 0 Å². The van der Waals surface area contributed by atoms with Crippen LogP contribution < -0.4 is 0 Å². The smallest absolute Gasteiger partial charge is 0.101 e. The van der Waals surface area contributed by atoms with Crippen LogP contribution in [0.25, 0.3) is 22.0 Å². The van der Waals surface area contributed by atoms with Crippen LogP contribution in [0.1, 0.15) is 25.0 Å². The van der Waals surface area contributed by atoms with E-state index < -0.39 is 0 Å². The number of fused-ring (bicyclic) bond motifs is 1. The SMILES string of the molecule is Clc1ccc(-c2nnc(CC[C@@H]3CCCO3)c3cnccc23)cc1. The fraction of sp³-hybridized carbons (Fsp3) is 0.316. The van der Waals surface area contributed by atoms with Crippen LogP contribution in [0.4, 0.5) is 0 Å². The van der Waals surface area contributed by atoms with Crippen LogP contribution >= 0.6 is 11.6 Å². The van der Waals surface area contributed by atoms with Crippen molar-refractivity contribution in [1.82, 2.24) is 15.2 Å². The fourth-order valence-electron chi connectivity index (χ4n) is 3.22. The van der Waals surface area contributed by atoms with Gasteiger partial charge in [-0.05, 0) is 43.9 Å². The molecule has 4 nitrogen and oxygen atoms in total. The standard InChI is InChI=1S/C19H18ClN3O/c20-14-5-3-13(4-6-14)19-16-9-10-21-12-17(16)18(22-23-19)8-7-15-2-1-11-24-15/h3-6,9-10,12,15H,1-2,7-8,11H2/t15-/m0/s1. The summed E-state index contributed by atoms with van der Waals surface area (Å²) in [6.07, 6.45) is 8.19. The van der Waals surface area contributed by atoms with E-state index >= 15 is 0 Å². The molecule has 0 aliphatic carbocycles. The highest BCUT2D eigenvalue weighted by atomic mass is 35.5. The number of benzene rings is 1. The summed E-state index contributed by atoms with van der Waals surface area (Å²) in [5, 5.41) is 11.8. The van der Waals surface area contributed by atoms with Gasteiger partial charge in [0.1, 0.15) is 5.69 Å². The Morgan fingerprint density at radius 1 is 1.08 bits per heavy atom. The maximum absolute atomic E-state index is 5.99. The number of halogens is 1. The summed E-state index contributed by atoms with van der Waals surface area (Å²) < 4.78 is 5.71. The molecule has 0 amide bonds. The summed E-state index contributed by atoms with van der Waals surface area (Å²) in [5.74, 6) is 0. The summed E-state index contributed by atoms with van der Waals surface area (Å²) in [6, 6.07) is 9.69. The predicted octanol–water partition coefficient (Wildman–Crippen LogP) is 4.46. The van der Waals surface area contributed by atoms with Gasteiger partial charge in [-0.25, -0.2) is 0 Å². The second-order valence-electron chi connectivity index (χ2n) is 6.10. The maximum atomic E-state index is 5.99. The predicted molar refractivity (Wildman–Crippen MR) is 95.1 cm³/mol. The summed E-state index contributed by atoms with van der Waals surface area (Å²) in [7, 11) is 0. The molecule has 1 fully saturated rings. The highest BCUT2D eigenvalue weighted by Crippen LogP contribution is 2.29. The molecule has 24 heavy (non-hydrogen) atoms. The molecule has 5 heteroatoms. The van der Waals surface area contributed by atoms with Gasteiger partial charge in [0.05, 0.1) is 11.8 Å². The van der Waals surface area contributed by atoms with Crippen molar-refractivity contribution in [3.05, 3.63) is 53.4 Å². The molecular weight excluding hydrogens is 322 g/mol. The molecule has 0 radical (unpaired) electrons. The Morgan fingerprint density at radius 3 is 2.75 bits per heavy atom. The van der Waals surface area contributed by atoms with Gasteiger partial charge in [0.25, 0.3) is 0 Å². The van der Waals surface area contributed by atoms with Crippen molar-refractivity contribution in [2.75, 3.05) is 6.61 Å². The minimum Gasteiger partial charge on any atom is -0.378 e. The number of nitrogens with zero attached hydrogens (tertiary/aromatic N) is 3. The fourth-order valence-corrected chi connectivity index (χ4v) is 3.35. The van der Waals surface area contributed by atoms with E-state index in [0.717, 1.165) is 60.0 Å². The van der Waals surface area contributed by atoms with Crippen LogP contribution in [0.3, 0.4) is 0 Å². The Balaban J connectivity index is 1.70. The molecule has 0 spiro atoms. The van der Waals surface area contributed by atoms with Gasteiger partial charge in [-0.2, -0.15) is 5.10 Å². The minimum atomic E-state index is 0.356. The lowest BCUT2D eigenvalue weighted by Crippen LogP contribution is -2.08. The van der Waals surface area contributed by atoms with E-state index in [0.29, 0.717) is 11.1 Å². The van der Waals surface area contributed by atoms with E-state index in [-0.39, 0.29) is 0 Å². The van der Waals surface area contributed by atoms with Gasteiger partial charge in [-0.3, -0.25) is 4.98 Å². The molecule has 1 aliphatic rings. The Bertz CT molecular complexity index is 845. The molecule has 2 aromatic heterocycles.